The molecule has 0 bridgehead atoms. The number of hydrogen-bond acceptors (Lipinski definition) is 2. The van der Waals surface area contributed by atoms with E-state index in [1.807, 2.05) is 26.8 Å². The summed E-state index contributed by atoms with van der Waals surface area (Å²) in [5, 5.41) is 3.14. The van der Waals surface area contributed by atoms with Crippen LogP contribution < -0.4 is 11.1 Å². The Morgan fingerprint density at radius 2 is 1.94 bits per heavy atom. The van der Waals surface area contributed by atoms with Crippen LogP contribution in [0.3, 0.4) is 0 Å². The van der Waals surface area contributed by atoms with Gasteiger partial charge in [-0.15, -0.1) is 0 Å². The Balaban J connectivity index is 2.83. The second-order valence-corrected chi connectivity index (χ2v) is 5.02. The molecule has 4 heteroatoms. The maximum absolute atomic E-state index is 13.5. The van der Waals surface area contributed by atoms with E-state index in [1.165, 1.54) is 6.07 Å². The number of nitrogens with one attached hydrogen (secondary N) is 1. The first-order valence-corrected chi connectivity index (χ1v) is 6.14. The van der Waals surface area contributed by atoms with E-state index in [2.05, 4.69) is 5.32 Å². The van der Waals surface area contributed by atoms with Gasteiger partial charge in [0, 0.05) is 6.04 Å². The summed E-state index contributed by atoms with van der Waals surface area (Å²) < 4.78 is 13.5. The summed E-state index contributed by atoms with van der Waals surface area (Å²) >= 11 is 0. The van der Waals surface area contributed by atoms with Gasteiger partial charge in [0.25, 0.3) is 0 Å². The SMILES string of the molecule is Cc1ccc(C(C)NC(C(N)=O)C(C)C)cc1F. The van der Waals surface area contributed by atoms with Gasteiger partial charge in [-0.05, 0) is 37.0 Å². The van der Waals surface area contributed by atoms with Crippen molar-refractivity contribution in [2.75, 3.05) is 0 Å². The Hall–Kier alpha value is -1.42. The number of primary amides is 1. The van der Waals surface area contributed by atoms with E-state index in [-0.39, 0.29) is 23.7 Å². The summed E-state index contributed by atoms with van der Waals surface area (Å²) in [5.41, 5.74) is 6.76. The first kappa shape index (κ1) is 14.6. The van der Waals surface area contributed by atoms with Crippen LogP contribution in [0.15, 0.2) is 18.2 Å². The van der Waals surface area contributed by atoms with Crippen LogP contribution in [-0.2, 0) is 4.79 Å². The number of hydrogen-bond donors (Lipinski definition) is 2. The largest absolute Gasteiger partial charge is 0.368 e. The van der Waals surface area contributed by atoms with E-state index < -0.39 is 6.04 Å². The van der Waals surface area contributed by atoms with Crippen LogP contribution in [0.5, 0.6) is 0 Å². The molecule has 0 spiro atoms. The smallest absolute Gasteiger partial charge is 0.234 e. The molecule has 0 saturated heterocycles. The first-order valence-electron chi connectivity index (χ1n) is 6.14. The number of amides is 1. The van der Waals surface area contributed by atoms with Crippen LogP contribution in [0, 0.1) is 18.7 Å². The fourth-order valence-electron chi connectivity index (χ4n) is 1.85. The topological polar surface area (TPSA) is 55.1 Å². The van der Waals surface area contributed by atoms with Gasteiger partial charge in [0.15, 0.2) is 0 Å². The number of carbonyl (C=O) groups is 1. The fraction of sp³-hybridized carbons (Fsp3) is 0.500. The third-order valence-corrected chi connectivity index (χ3v) is 3.10. The molecule has 1 aromatic carbocycles. The lowest BCUT2D eigenvalue weighted by molar-refractivity contribution is -0.121. The van der Waals surface area contributed by atoms with Crippen molar-refractivity contribution < 1.29 is 9.18 Å². The highest BCUT2D eigenvalue weighted by Crippen LogP contribution is 2.18. The van der Waals surface area contributed by atoms with Gasteiger partial charge in [-0.1, -0.05) is 26.0 Å². The molecule has 0 aliphatic heterocycles. The summed E-state index contributed by atoms with van der Waals surface area (Å²) in [6.07, 6.45) is 0. The highest BCUT2D eigenvalue weighted by Gasteiger charge is 2.21. The molecule has 0 aliphatic carbocycles. The molecule has 3 N–H and O–H groups in total. The molecule has 0 radical (unpaired) electrons. The quantitative estimate of drug-likeness (QED) is 0.844. The van der Waals surface area contributed by atoms with Crippen molar-refractivity contribution in [2.24, 2.45) is 11.7 Å². The van der Waals surface area contributed by atoms with Gasteiger partial charge < -0.3 is 5.73 Å². The molecule has 1 amide bonds. The van der Waals surface area contributed by atoms with E-state index in [9.17, 15) is 9.18 Å². The van der Waals surface area contributed by atoms with E-state index in [4.69, 9.17) is 5.73 Å². The third kappa shape index (κ3) is 3.53. The molecule has 1 aromatic rings. The van der Waals surface area contributed by atoms with Crippen molar-refractivity contribution in [3.8, 4) is 0 Å². The average Bonchev–Trinajstić information content (AvgIpc) is 2.28. The van der Waals surface area contributed by atoms with Crippen molar-refractivity contribution in [3.05, 3.63) is 35.1 Å². The van der Waals surface area contributed by atoms with Crippen molar-refractivity contribution in [2.45, 2.75) is 39.8 Å². The molecular formula is C14H21FN2O. The summed E-state index contributed by atoms with van der Waals surface area (Å²) in [6.45, 7) is 7.45. The van der Waals surface area contributed by atoms with Crippen LogP contribution >= 0.6 is 0 Å². The molecule has 0 aliphatic rings. The minimum absolute atomic E-state index is 0.0974. The number of rotatable bonds is 5. The van der Waals surface area contributed by atoms with E-state index in [0.717, 1.165) is 5.56 Å². The van der Waals surface area contributed by atoms with E-state index >= 15 is 0 Å². The van der Waals surface area contributed by atoms with Crippen LogP contribution in [0.1, 0.15) is 37.9 Å². The number of aryl methyl sites for hydroxylation is 1. The van der Waals surface area contributed by atoms with Crippen LogP contribution in [0.25, 0.3) is 0 Å². The Morgan fingerprint density at radius 3 is 2.39 bits per heavy atom. The normalized spacial score (nSPS) is 14.6. The predicted molar refractivity (Wildman–Crippen MR) is 70.5 cm³/mol. The Morgan fingerprint density at radius 1 is 1.33 bits per heavy atom. The van der Waals surface area contributed by atoms with Gasteiger partial charge in [0.1, 0.15) is 5.82 Å². The van der Waals surface area contributed by atoms with Crippen molar-refractivity contribution in [3.63, 3.8) is 0 Å². The molecular weight excluding hydrogens is 231 g/mol. The van der Waals surface area contributed by atoms with Crippen molar-refractivity contribution in [1.29, 1.82) is 0 Å². The van der Waals surface area contributed by atoms with Crippen LogP contribution in [-0.4, -0.2) is 11.9 Å². The van der Waals surface area contributed by atoms with Gasteiger partial charge in [-0.3, -0.25) is 10.1 Å². The molecule has 2 atom stereocenters. The zero-order valence-electron chi connectivity index (χ0n) is 11.3. The van der Waals surface area contributed by atoms with Crippen LogP contribution in [0.4, 0.5) is 4.39 Å². The van der Waals surface area contributed by atoms with Gasteiger partial charge in [0.05, 0.1) is 6.04 Å². The molecule has 3 nitrogen and oxygen atoms in total. The van der Waals surface area contributed by atoms with Crippen LogP contribution in [0.2, 0.25) is 0 Å². The van der Waals surface area contributed by atoms with E-state index in [0.29, 0.717) is 5.56 Å². The molecule has 100 valence electrons. The molecule has 18 heavy (non-hydrogen) atoms. The first-order chi connectivity index (χ1) is 8.32. The standard InChI is InChI=1S/C14H21FN2O/c1-8(2)13(14(16)18)17-10(4)11-6-5-9(3)12(15)7-11/h5-8,10,13,17H,1-4H3,(H2,16,18). The fourth-order valence-corrected chi connectivity index (χ4v) is 1.85. The lowest BCUT2D eigenvalue weighted by Gasteiger charge is -2.24. The molecule has 0 saturated carbocycles. The molecule has 0 heterocycles. The monoisotopic (exact) mass is 252 g/mol. The lowest BCUT2D eigenvalue weighted by Crippen LogP contribution is -2.45. The summed E-state index contributed by atoms with van der Waals surface area (Å²) in [7, 11) is 0. The zero-order valence-corrected chi connectivity index (χ0v) is 11.3. The maximum Gasteiger partial charge on any atom is 0.234 e. The second-order valence-electron chi connectivity index (χ2n) is 5.02. The Bertz CT molecular complexity index is 432. The highest BCUT2D eigenvalue weighted by atomic mass is 19.1. The van der Waals surface area contributed by atoms with Gasteiger partial charge in [-0.25, -0.2) is 4.39 Å². The summed E-state index contributed by atoms with van der Waals surface area (Å²) in [4.78, 5) is 11.3. The number of carbonyl (C=O) groups excluding carboxylic acids is 1. The third-order valence-electron chi connectivity index (χ3n) is 3.10. The Labute approximate surface area is 108 Å². The molecule has 2 unspecified atom stereocenters. The Kier molecular flexibility index (Phi) is 4.84. The number of nitrogens with two attached hydrogens (primary N) is 1. The average molecular weight is 252 g/mol. The van der Waals surface area contributed by atoms with Crippen molar-refractivity contribution in [1.82, 2.24) is 5.32 Å². The minimum atomic E-state index is -0.413. The number of halogens is 1. The van der Waals surface area contributed by atoms with Gasteiger partial charge in [0.2, 0.25) is 5.91 Å². The minimum Gasteiger partial charge on any atom is -0.368 e. The lowest BCUT2D eigenvalue weighted by atomic mass is 10.00. The van der Waals surface area contributed by atoms with E-state index in [1.54, 1.807) is 13.0 Å². The second kappa shape index (κ2) is 5.96. The maximum atomic E-state index is 13.5. The predicted octanol–water partition coefficient (Wildman–Crippen LogP) is 2.29. The van der Waals surface area contributed by atoms with Crippen molar-refractivity contribution >= 4 is 5.91 Å². The summed E-state index contributed by atoms with van der Waals surface area (Å²) in [6, 6.07) is 4.54. The number of benzene rings is 1. The summed E-state index contributed by atoms with van der Waals surface area (Å²) in [5.74, 6) is -0.522. The van der Waals surface area contributed by atoms with Gasteiger partial charge in [-0.2, -0.15) is 0 Å². The van der Waals surface area contributed by atoms with Gasteiger partial charge >= 0.3 is 0 Å². The molecule has 0 fully saturated rings. The highest BCUT2D eigenvalue weighted by molar-refractivity contribution is 5.80. The zero-order chi connectivity index (χ0) is 13.9. The molecule has 1 rings (SSSR count). The molecule has 0 aromatic heterocycles.